The van der Waals surface area contributed by atoms with E-state index in [0.717, 1.165) is 17.3 Å². The van der Waals surface area contributed by atoms with Crippen LogP contribution in [0.25, 0.3) is 0 Å². The summed E-state index contributed by atoms with van der Waals surface area (Å²) >= 11 is 0. The molecule has 0 aliphatic carbocycles. The standard InChI is InChI=1S/C21H34N4O3/c1-19(23-16-10-6-8-12-18-25(28)21(3)26)13-14-20(2)24(27)17-11-7-5-9-15-22-4/h5-12,22-23,27-28H,1-2,13-18H2,3-4H3/b9-5+,10-6+,11-7+,12-8+. The van der Waals surface area contributed by atoms with E-state index in [0.29, 0.717) is 36.7 Å². The van der Waals surface area contributed by atoms with Gasteiger partial charge in [-0.1, -0.05) is 61.8 Å². The Hall–Kier alpha value is -2.61. The fourth-order valence-corrected chi connectivity index (χ4v) is 1.86. The molecule has 0 aromatic rings. The zero-order valence-corrected chi connectivity index (χ0v) is 17.0. The van der Waals surface area contributed by atoms with Crippen molar-refractivity contribution in [3.63, 3.8) is 0 Å². The SMILES string of the molecule is C=C(CCC(=C)N(O)C/C=C/C=C/CNC)NC/C=C/C=C/CN(O)C(C)=O. The summed E-state index contributed by atoms with van der Waals surface area (Å²) in [4.78, 5) is 10.8. The van der Waals surface area contributed by atoms with Crippen molar-refractivity contribution in [2.75, 3.05) is 33.2 Å². The molecule has 0 spiro atoms. The maximum absolute atomic E-state index is 10.8. The lowest BCUT2D eigenvalue weighted by Gasteiger charge is -2.18. The number of hydrogen-bond acceptors (Lipinski definition) is 6. The Labute approximate surface area is 168 Å². The second-order valence-corrected chi connectivity index (χ2v) is 6.00. The van der Waals surface area contributed by atoms with Crippen LogP contribution >= 0.6 is 0 Å². The van der Waals surface area contributed by atoms with Crippen LogP contribution in [0.3, 0.4) is 0 Å². The van der Waals surface area contributed by atoms with Gasteiger partial charge in [-0.25, -0.2) is 5.06 Å². The summed E-state index contributed by atoms with van der Waals surface area (Å²) in [5.74, 6) is -0.396. The Kier molecular flexibility index (Phi) is 15.0. The van der Waals surface area contributed by atoms with E-state index in [-0.39, 0.29) is 6.54 Å². The number of allylic oxidation sites excluding steroid dienone is 6. The van der Waals surface area contributed by atoms with Gasteiger partial charge in [-0.2, -0.15) is 0 Å². The first-order chi connectivity index (χ1) is 13.4. The lowest BCUT2D eigenvalue weighted by molar-refractivity contribution is -0.160. The molecule has 0 aromatic carbocycles. The van der Waals surface area contributed by atoms with Crippen LogP contribution < -0.4 is 10.6 Å². The fourth-order valence-electron chi connectivity index (χ4n) is 1.86. The van der Waals surface area contributed by atoms with Gasteiger partial charge in [0.2, 0.25) is 5.91 Å². The molecule has 0 atom stereocenters. The van der Waals surface area contributed by atoms with Crippen molar-refractivity contribution >= 4 is 5.91 Å². The lowest BCUT2D eigenvalue weighted by Crippen LogP contribution is -2.24. The minimum atomic E-state index is -0.396. The van der Waals surface area contributed by atoms with Gasteiger partial charge in [0.1, 0.15) is 0 Å². The Bertz CT molecular complexity index is 594. The predicted molar refractivity (Wildman–Crippen MR) is 114 cm³/mol. The van der Waals surface area contributed by atoms with Gasteiger partial charge in [-0.3, -0.25) is 20.3 Å². The minimum absolute atomic E-state index is 0.154. The van der Waals surface area contributed by atoms with Crippen LogP contribution in [0.4, 0.5) is 0 Å². The number of nitrogens with zero attached hydrogens (tertiary/aromatic N) is 2. The molecule has 0 bridgehead atoms. The molecule has 0 aliphatic rings. The summed E-state index contributed by atoms with van der Waals surface area (Å²) < 4.78 is 0. The van der Waals surface area contributed by atoms with Crippen LogP contribution in [-0.2, 0) is 4.79 Å². The first-order valence-electron chi connectivity index (χ1n) is 9.19. The Morgan fingerprint density at radius 2 is 1.43 bits per heavy atom. The minimum Gasteiger partial charge on any atom is -0.385 e. The number of carbonyl (C=O) groups is 1. The van der Waals surface area contributed by atoms with Crippen molar-refractivity contribution in [3.05, 3.63) is 73.2 Å². The Balaban J connectivity index is 3.92. The van der Waals surface area contributed by atoms with Crippen LogP contribution in [0.15, 0.2) is 73.2 Å². The van der Waals surface area contributed by atoms with Crippen molar-refractivity contribution in [2.24, 2.45) is 0 Å². The van der Waals surface area contributed by atoms with Crippen LogP contribution in [0.1, 0.15) is 19.8 Å². The molecule has 0 aliphatic heterocycles. The van der Waals surface area contributed by atoms with E-state index in [1.54, 1.807) is 12.2 Å². The van der Waals surface area contributed by atoms with E-state index >= 15 is 0 Å². The van der Waals surface area contributed by atoms with Crippen molar-refractivity contribution in [1.29, 1.82) is 0 Å². The van der Waals surface area contributed by atoms with Gasteiger partial charge in [-0.05, 0) is 19.9 Å². The second kappa shape index (κ2) is 16.6. The molecule has 0 aromatic heterocycles. The highest BCUT2D eigenvalue weighted by atomic mass is 16.5. The zero-order valence-electron chi connectivity index (χ0n) is 17.0. The molecule has 156 valence electrons. The maximum Gasteiger partial charge on any atom is 0.243 e. The molecule has 0 unspecified atom stereocenters. The zero-order chi connectivity index (χ0) is 21.2. The molecular weight excluding hydrogens is 356 g/mol. The molecule has 28 heavy (non-hydrogen) atoms. The summed E-state index contributed by atoms with van der Waals surface area (Å²) in [6.45, 7) is 11.1. The Morgan fingerprint density at radius 1 is 0.893 bits per heavy atom. The fraction of sp³-hybridized carbons (Fsp3) is 0.381. The van der Waals surface area contributed by atoms with Gasteiger partial charge < -0.3 is 10.6 Å². The summed E-state index contributed by atoms with van der Waals surface area (Å²) in [6, 6.07) is 0. The number of nitrogens with one attached hydrogen (secondary N) is 2. The van der Waals surface area contributed by atoms with E-state index < -0.39 is 5.91 Å². The van der Waals surface area contributed by atoms with Crippen molar-refractivity contribution in [1.82, 2.24) is 20.8 Å². The average molecular weight is 391 g/mol. The van der Waals surface area contributed by atoms with Gasteiger partial charge in [0, 0.05) is 31.4 Å². The molecule has 7 nitrogen and oxygen atoms in total. The van der Waals surface area contributed by atoms with E-state index in [4.69, 9.17) is 0 Å². The monoisotopic (exact) mass is 390 g/mol. The van der Waals surface area contributed by atoms with E-state index in [2.05, 4.69) is 23.8 Å². The number of amides is 1. The number of hydrogen-bond donors (Lipinski definition) is 4. The van der Waals surface area contributed by atoms with Gasteiger partial charge in [-0.15, -0.1) is 0 Å². The molecule has 1 amide bonds. The third-order valence-corrected chi connectivity index (χ3v) is 3.56. The van der Waals surface area contributed by atoms with Gasteiger partial charge in [0.05, 0.1) is 13.1 Å². The van der Waals surface area contributed by atoms with Crippen LogP contribution in [0.5, 0.6) is 0 Å². The molecule has 0 fully saturated rings. The third-order valence-electron chi connectivity index (χ3n) is 3.56. The normalized spacial score (nSPS) is 11.7. The molecule has 0 radical (unpaired) electrons. The average Bonchev–Trinajstić information content (AvgIpc) is 2.67. The molecule has 0 saturated carbocycles. The molecule has 0 rings (SSSR count). The first-order valence-corrected chi connectivity index (χ1v) is 9.19. The largest absolute Gasteiger partial charge is 0.385 e. The topological polar surface area (TPSA) is 88.1 Å². The molecule has 4 N–H and O–H groups in total. The number of hydroxylamine groups is 4. The molecule has 0 saturated heterocycles. The highest BCUT2D eigenvalue weighted by molar-refractivity contribution is 5.71. The van der Waals surface area contributed by atoms with Gasteiger partial charge in [0.15, 0.2) is 0 Å². The molecular formula is C21H34N4O3. The van der Waals surface area contributed by atoms with Gasteiger partial charge >= 0.3 is 0 Å². The smallest absolute Gasteiger partial charge is 0.243 e. The number of carbonyl (C=O) groups excluding carboxylic acids is 1. The molecule has 7 heteroatoms. The van der Waals surface area contributed by atoms with E-state index in [1.165, 1.54) is 6.92 Å². The van der Waals surface area contributed by atoms with Gasteiger partial charge in [0.25, 0.3) is 0 Å². The number of rotatable bonds is 15. The predicted octanol–water partition coefficient (Wildman–Crippen LogP) is 2.76. The Morgan fingerprint density at radius 3 is 2.00 bits per heavy atom. The summed E-state index contributed by atoms with van der Waals surface area (Å²) in [5.41, 5.74) is 1.48. The summed E-state index contributed by atoms with van der Waals surface area (Å²) in [5, 5.41) is 27.1. The lowest BCUT2D eigenvalue weighted by atomic mass is 10.2. The summed E-state index contributed by atoms with van der Waals surface area (Å²) in [7, 11) is 1.88. The summed E-state index contributed by atoms with van der Waals surface area (Å²) in [6.07, 6.45) is 16.1. The van der Waals surface area contributed by atoms with Crippen LogP contribution in [0.2, 0.25) is 0 Å². The quantitative estimate of drug-likeness (QED) is 0.195. The number of likely N-dealkylation sites (N-methyl/N-ethyl adjacent to an activating group) is 1. The highest BCUT2D eigenvalue weighted by Crippen LogP contribution is 2.10. The van der Waals surface area contributed by atoms with Crippen LogP contribution in [-0.4, -0.2) is 59.7 Å². The van der Waals surface area contributed by atoms with Crippen molar-refractivity contribution in [2.45, 2.75) is 19.8 Å². The van der Waals surface area contributed by atoms with E-state index in [9.17, 15) is 15.2 Å². The van der Waals surface area contributed by atoms with Crippen LogP contribution in [0, 0.1) is 0 Å². The highest BCUT2D eigenvalue weighted by Gasteiger charge is 2.03. The van der Waals surface area contributed by atoms with E-state index in [1.807, 2.05) is 43.5 Å². The second-order valence-electron chi connectivity index (χ2n) is 6.00. The van der Waals surface area contributed by atoms with Crippen molar-refractivity contribution < 1.29 is 15.2 Å². The van der Waals surface area contributed by atoms with Crippen molar-refractivity contribution in [3.8, 4) is 0 Å². The third kappa shape index (κ3) is 14.5. The molecule has 0 heterocycles. The first kappa shape index (κ1) is 25.4. The maximum atomic E-state index is 10.8.